The lowest BCUT2D eigenvalue weighted by molar-refractivity contribution is -0.136. The predicted octanol–water partition coefficient (Wildman–Crippen LogP) is 1.87. The Morgan fingerprint density at radius 2 is 1.57 bits per heavy atom. The zero-order chi connectivity index (χ0) is 10.4. The predicted molar refractivity (Wildman–Crippen MR) is 58.1 cm³/mol. The van der Waals surface area contributed by atoms with Gasteiger partial charge in [-0.15, -0.1) is 0 Å². The summed E-state index contributed by atoms with van der Waals surface area (Å²) < 4.78 is 0. The summed E-state index contributed by atoms with van der Waals surface area (Å²) >= 11 is 3.36. The summed E-state index contributed by atoms with van der Waals surface area (Å²) in [7, 11) is 0. The zero-order valence-electron chi connectivity index (χ0n) is 8.04. The second kappa shape index (κ2) is 5.96. The third-order valence-electron chi connectivity index (χ3n) is 2.17. The van der Waals surface area contributed by atoms with E-state index in [-0.39, 0.29) is 11.8 Å². The summed E-state index contributed by atoms with van der Waals surface area (Å²) in [5, 5.41) is 1.02. The largest absolute Gasteiger partial charge is 0.275 e. The van der Waals surface area contributed by atoms with Gasteiger partial charge in [-0.2, -0.15) is 0 Å². The van der Waals surface area contributed by atoms with Crippen LogP contribution in [0.4, 0.5) is 0 Å². The molecule has 14 heavy (non-hydrogen) atoms. The Hall–Kier alpha value is -0.640. The van der Waals surface area contributed by atoms with Crippen LogP contribution in [-0.4, -0.2) is 28.6 Å². The molecule has 0 radical (unpaired) electrons. The highest BCUT2D eigenvalue weighted by Crippen LogP contribution is 2.07. The molecule has 0 spiro atoms. The summed E-state index contributed by atoms with van der Waals surface area (Å²) in [5.41, 5.74) is 0. The molecule has 3 nitrogen and oxygen atoms in total. The third kappa shape index (κ3) is 3.25. The molecule has 0 bridgehead atoms. The van der Waals surface area contributed by atoms with Crippen molar-refractivity contribution in [3.8, 4) is 0 Å². The fourth-order valence-corrected chi connectivity index (χ4v) is 1.77. The fraction of sp³-hybridized carbons (Fsp3) is 0.600. The van der Waals surface area contributed by atoms with Gasteiger partial charge in [0.25, 0.3) is 11.8 Å². The highest BCUT2D eigenvalue weighted by molar-refractivity contribution is 9.09. The van der Waals surface area contributed by atoms with E-state index < -0.39 is 0 Å². The average Bonchev–Trinajstić information content (AvgIpc) is 2.48. The normalized spacial score (nSPS) is 15.6. The van der Waals surface area contributed by atoms with E-state index in [4.69, 9.17) is 0 Å². The molecule has 0 saturated heterocycles. The molecule has 0 aromatic heterocycles. The molecule has 0 saturated carbocycles. The van der Waals surface area contributed by atoms with Crippen molar-refractivity contribution in [1.82, 2.24) is 4.90 Å². The minimum absolute atomic E-state index is 0.171. The lowest BCUT2D eigenvalue weighted by Crippen LogP contribution is -2.30. The van der Waals surface area contributed by atoms with Crippen molar-refractivity contribution in [2.24, 2.45) is 0 Å². The maximum Gasteiger partial charge on any atom is 0.253 e. The zero-order valence-corrected chi connectivity index (χ0v) is 9.63. The Morgan fingerprint density at radius 1 is 1.00 bits per heavy atom. The van der Waals surface area contributed by atoms with Crippen molar-refractivity contribution in [2.75, 3.05) is 11.9 Å². The second-order valence-electron chi connectivity index (χ2n) is 3.26. The van der Waals surface area contributed by atoms with E-state index in [1.165, 1.54) is 17.1 Å². The molecule has 0 aromatic carbocycles. The van der Waals surface area contributed by atoms with Gasteiger partial charge >= 0.3 is 0 Å². The minimum Gasteiger partial charge on any atom is -0.275 e. The van der Waals surface area contributed by atoms with Crippen molar-refractivity contribution < 1.29 is 9.59 Å². The van der Waals surface area contributed by atoms with Crippen molar-refractivity contribution in [1.29, 1.82) is 0 Å². The monoisotopic (exact) mass is 259 g/mol. The standard InChI is InChI=1S/C10H14BrNO2/c11-7-3-1-2-4-8-12-9(13)5-6-10(12)14/h5-6H,1-4,7-8H2. The van der Waals surface area contributed by atoms with Crippen molar-refractivity contribution in [2.45, 2.75) is 25.7 Å². The number of hydrogen-bond donors (Lipinski definition) is 0. The van der Waals surface area contributed by atoms with Crippen LogP contribution in [0.3, 0.4) is 0 Å². The maximum absolute atomic E-state index is 11.1. The number of hydrogen-bond acceptors (Lipinski definition) is 2. The van der Waals surface area contributed by atoms with Crippen LogP contribution in [0.1, 0.15) is 25.7 Å². The number of rotatable bonds is 6. The third-order valence-corrected chi connectivity index (χ3v) is 2.73. The lowest BCUT2D eigenvalue weighted by atomic mass is 10.2. The molecular formula is C10H14BrNO2. The Kier molecular flexibility index (Phi) is 4.87. The molecule has 78 valence electrons. The van der Waals surface area contributed by atoms with Crippen LogP contribution in [0.5, 0.6) is 0 Å². The van der Waals surface area contributed by atoms with E-state index in [0.717, 1.165) is 31.0 Å². The van der Waals surface area contributed by atoms with Gasteiger partial charge in [0.2, 0.25) is 0 Å². The molecule has 4 heteroatoms. The highest BCUT2D eigenvalue weighted by Gasteiger charge is 2.21. The maximum atomic E-state index is 11.1. The molecular weight excluding hydrogens is 246 g/mol. The fourth-order valence-electron chi connectivity index (χ4n) is 1.37. The molecule has 1 rings (SSSR count). The number of carbonyl (C=O) groups excluding carboxylic acids is 2. The van der Waals surface area contributed by atoms with Crippen molar-refractivity contribution in [3.63, 3.8) is 0 Å². The summed E-state index contributed by atoms with van der Waals surface area (Å²) in [4.78, 5) is 23.5. The molecule has 1 heterocycles. The summed E-state index contributed by atoms with van der Waals surface area (Å²) in [6, 6.07) is 0. The van der Waals surface area contributed by atoms with Crippen LogP contribution >= 0.6 is 15.9 Å². The Balaban J connectivity index is 2.13. The van der Waals surface area contributed by atoms with Gasteiger partial charge in [-0.05, 0) is 12.8 Å². The molecule has 1 aliphatic rings. The first kappa shape index (κ1) is 11.4. The number of alkyl halides is 1. The first-order valence-electron chi connectivity index (χ1n) is 4.85. The van der Waals surface area contributed by atoms with E-state index >= 15 is 0 Å². The lowest BCUT2D eigenvalue weighted by Gasteiger charge is -2.12. The number of halogens is 1. The molecule has 0 aromatic rings. The molecule has 0 aliphatic carbocycles. The van der Waals surface area contributed by atoms with Gasteiger partial charge in [-0.1, -0.05) is 28.8 Å². The smallest absolute Gasteiger partial charge is 0.253 e. The van der Waals surface area contributed by atoms with Crippen molar-refractivity contribution in [3.05, 3.63) is 12.2 Å². The van der Waals surface area contributed by atoms with E-state index in [1.54, 1.807) is 0 Å². The Morgan fingerprint density at radius 3 is 2.14 bits per heavy atom. The summed E-state index contributed by atoms with van der Waals surface area (Å²) in [6.45, 7) is 0.562. The molecule has 2 amide bonds. The molecule has 0 unspecified atom stereocenters. The Bertz CT molecular complexity index is 233. The first-order valence-corrected chi connectivity index (χ1v) is 5.97. The van der Waals surface area contributed by atoms with E-state index in [9.17, 15) is 9.59 Å². The SMILES string of the molecule is O=C1C=CC(=O)N1CCCCCCBr. The van der Waals surface area contributed by atoms with E-state index in [1.807, 2.05) is 0 Å². The Labute approximate surface area is 92.3 Å². The van der Waals surface area contributed by atoms with Crippen LogP contribution in [0.25, 0.3) is 0 Å². The molecule has 0 N–H and O–H groups in total. The second-order valence-corrected chi connectivity index (χ2v) is 4.06. The van der Waals surface area contributed by atoms with Crippen LogP contribution in [0.15, 0.2) is 12.2 Å². The molecule has 1 aliphatic heterocycles. The minimum atomic E-state index is -0.171. The van der Waals surface area contributed by atoms with E-state index in [2.05, 4.69) is 15.9 Å². The number of carbonyl (C=O) groups is 2. The van der Waals surface area contributed by atoms with Crippen LogP contribution in [0, 0.1) is 0 Å². The van der Waals surface area contributed by atoms with E-state index in [0.29, 0.717) is 6.54 Å². The number of nitrogens with zero attached hydrogens (tertiary/aromatic N) is 1. The van der Waals surface area contributed by atoms with Gasteiger partial charge in [0, 0.05) is 24.0 Å². The van der Waals surface area contributed by atoms with Gasteiger partial charge in [-0.25, -0.2) is 0 Å². The molecule has 0 fully saturated rings. The van der Waals surface area contributed by atoms with Gasteiger partial charge in [0.05, 0.1) is 0 Å². The van der Waals surface area contributed by atoms with Crippen LogP contribution < -0.4 is 0 Å². The van der Waals surface area contributed by atoms with Crippen LogP contribution in [-0.2, 0) is 9.59 Å². The summed E-state index contributed by atoms with van der Waals surface area (Å²) in [5.74, 6) is -0.342. The van der Waals surface area contributed by atoms with Gasteiger partial charge < -0.3 is 0 Å². The van der Waals surface area contributed by atoms with Crippen molar-refractivity contribution >= 4 is 27.7 Å². The number of amides is 2. The first-order chi connectivity index (χ1) is 6.75. The van der Waals surface area contributed by atoms with Crippen LogP contribution in [0.2, 0.25) is 0 Å². The topological polar surface area (TPSA) is 37.4 Å². The van der Waals surface area contributed by atoms with Gasteiger partial charge in [0.1, 0.15) is 0 Å². The highest BCUT2D eigenvalue weighted by atomic mass is 79.9. The number of unbranched alkanes of at least 4 members (excludes halogenated alkanes) is 3. The number of imide groups is 1. The molecule has 0 atom stereocenters. The summed E-state index contributed by atoms with van der Waals surface area (Å²) in [6.07, 6.45) is 6.95. The average molecular weight is 260 g/mol. The van der Waals surface area contributed by atoms with Gasteiger partial charge in [-0.3, -0.25) is 14.5 Å². The quantitative estimate of drug-likeness (QED) is 0.415. The van der Waals surface area contributed by atoms with Gasteiger partial charge in [0.15, 0.2) is 0 Å².